The summed E-state index contributed by atoms with van der Waals surface area (Å²) in [5.74, 6) is 0. The number of unbranched alkanes of at least 4 members (excludes halogenated alkanes) is 11. The normalized spacial score (nSPS) is 10.8. The van der Waals surface area contributed by atoms with Crippen LogP contribution in [0.3, 0.4) is 0 Å². The number of rotatable bonds is 14. The van der Waals surface area contributed by atoms with Crippen molar-refractivity contribution < 1.29 is 4.79 Å². The van der Waals surface area contributed by atoms with Crippen LogP contribution in [0.1, 0.15) is 90.9 Å². The van der Waals surface area contributed by atoms with Gasteiger partial charge in [-0.25, -0.2) is 0 Å². The summed E-state index contributed by atoms with van der Waals surface area (Å²) in [6, 6.07) is 0. The molecular weight excluding hydrogens is 287 g/mol. The van der Waals surface area contributed by atoms with Crippen molar-refractivity contribution in [3.8, 4) is 0 Å². The molecule has 0 aliphatic rings. The first-order chi connectivity index (χ1) is 8.77. The van der Waals surface area contributed by atoms with Gasteiger partial charge in [-0.3, -0.25) is 0 Å². The molecule has 0 atom stereocenters. The topological polar surface area (TPSA) is 17.1 Å². The molecule has 0 rings (SSSR count). The molecule has 108 valence electrons. The van der Waals surface area contributed by atoms with Crippen LogP contribution in [0.2, 0.25) is 5.32 Å². The Hall–Kier alpha value is 0.189. The molecule has 0 fully saturated rings. The summed E-state index contributed by atoms with van der Waals surface area (Å²) in [7, 11) is 0. The molecule has 0 radical (unpaired) electrons. The van der Waals surface area contributed by atoms with E-state index in [2.05, 4.69) is 6.92 Å². The van der Waals surface area contributed by atoms with Gasteiger partial charge in [0.2, 0.25) is 0 Å². The third kappa shape index (κ3) is 16.2. The van der Waals surface area contributed by atoms with E-state index < -0.39 is 0 Å². The molecule has 0 N–H and O–H groups in total. The maximum absolute atomic E-state index is 10.8. The average molecular weight is 319 g/mol. The Kier molecular flexibility index (Phi) is 15.4. The molecule has 0 saturated carbocycles. The fourth-order valence-electron chi connectivity index (χ4n) is 2.16. The van der Waals surface area contributed by atoms with Gasteiger partial charge in [0.25, 0.3) is 0 Å². The number of carbonyl (C=O) groups excluding carboxylic acids is 1. The Balaban J connectivity index is 2.92. The van der Waals surface area contributed by atoms with Gasteiger partial charge in [-0.1, -0.05) is 13.3 Å². The second-order valence-electron chi connectivity index (χ2n) is 5.23. The minimum atomic E-state index is 0.276. The van der Waals surface area contributed by atoms with Gasteiger partial charge in [0.05, 0.1) is 0 Å². The van der Waals surface area contributed by atoms with Crippen LogP contribution in [0.5, 0.6) is 0 Å². The van der Waals surface area contributed by atoms with Crippen LogP contribution in [0.15, 0.2) is 0 Å². The maximum atomic E-state index is 10.8. The van der Waals surface area contributed by atoms with Crippen LogP contribution in [0.4, 0.5) is 0 Å². The van der Waals surface area contributed by atoms with Gasteiger partial charge in [0.15, 0.2) is 0 Å². The van der Waals surface area contributed by atoms with Crippen molar-refractivity contribution in [2.24, 2.45) is 0 Å². The van der Waals surface area contributed by atoms with Gasteiger partial charge in [0.1, 0.15) is 0 Å². The third-order valence-electron chi connectivity index (χ3n) is 3.30. The fourth-order valence-corrected chi connectivity index (χ4v) is 3.49. The molecule has 1 nitrogen and oxygen atoms in total. The average Bonchev–Trinajstić information content (AvgIpc) is 2.34. The van der Waals surface area contributed by atoms with Crippen LogP contribution in [0, 0.1) is 0 Å². The van der Waals surface area contributed by atoms with Crippen LogP contribution in [0.25, 0.3) is 0 Å². The summed E-state index contributed by atoms with van der Waals surface area (Å²) in [5, 5.41) is 1.17. The molecule has 0 aromatic heterocycles. The number of hydrogen-bond donors (Lipinski definition) is 0. The summed E-state index contributed by atoms with van der Waals surface area (Å²) in [6.45, 7) is 4.00. The van der Waals surface area contributed by atoms with Crippen LogP contribution >= 0.6 is 0 Å². The molecule has 0 aromatic rings. The van der Waals surface area contributed by atoms with E-state index in [1.165, 1.54) is 82.4 Å². The molecule has 0 saturated heterocycles. The molecule has 0 amide bonds. The molecule has 0 aliphatic heterocycles. The molecule has 2 heteroatoms. The van der Waals surface area contributed by atoms with Crippen LogP contribution in [-0.2, 0) is 4.79 Å². The number of hydrogen-bond acceptors (Lipinski definition) is 1. The molecular formula is C16H32OSe. The standard InChI is InChI=1S/C16H32OSe/c1-3-4-5-6-7-8-9-10-11-12-13-14-15-18-16(2)17/h3-15H2,1-2H3. The predicted molar refractivity (Wildman–Crippen MR) is 82.3 cm³/mol. The van der Waals surface area contributed by atoms with E-state index in [1.807, 2.05) is 0 Å². The zero-order valence-electron chi connectivity index (χ0n) is 12.5. The van der Waals surface area contributed by atoms with Gasteiger partial charge >= 0.3 is 107 Å². The van der Waals surface area contributed by atoms with E-state index in [4.69, 9.17) is 0 Å². The van der Waals surface area contributed by atoms with E-state index in [1.54, 1.807) is 6.92 Å². The summed E-state index contributed by atoms with van der Waals surface area (Å²) in [5.41, 5.74) is 0. The summed E-state index contributed by atoms with van der Waals surface area (Å²) >= 11 is 0.276. The van der Waals surface area contributed by atoms with E-state index in [0.29, 0.717) is 4.68 Å². The zero-order chi connectivity index (χ0) is 13.5. The second-order valence-corrected chi connectivity index (χ2v) is 7.90. The monoisotopic (exact) mass is 320 g/mol. The molecule has 0 spiro atoms. The minimum absolute atomic E-state index is 0.276. The van der Waals surface area contributed by atoms with Crippen molar-refractivity contribution in [2.75, 3.05) is 0 Å². The third-order valence-corrected chi connectivity index (χ3v) is 5.19. The number of carbonyl (C=O) groups is 1. The summed E-state index contributed by atoms with van der Waals surface area (Å²) in [4.78, 5) is 10.8. The first-order valence-electron chi connectivity index (χ1n) is 7.90. The summed E-state index contributed by atoms with van der Waals surface area (Å²) < 4.78 is 0.408. The molecule has 0 bridgehead atoms. The zero-order valence-corrected chi connectivity index (χ0v) is 14.2. The molecule has 0 heterocycles. The Labute approximate surface area is 121 Å². The second kappa shape index (κ2) is 15.2. The molecule has 0 unspecified atom stereocenters. The van der Waals surface area contributed by atoms with Crippen molar-refractivity contribution in [3.05, 3.63) is 0 Å². The van der Waals surface area contributed by atoms with Crippen molar-refractivity contribution in [1.29, 1.82) is 0 Å². The van der Waals surface area contributed by atoms with Gasteiger partial charge in [0, 0.05) is 0 Å². The molecule has 0 aromatic carbocycles. The van der Waals surface area contributed by atoms with Crippen molar-refractivity contribution in [3.63, 3.8) is 0 Å². The van der Waals surface area contributed by atoms with Gasteiger partial charge in [-0.2, -0.15) is 0 Å². The van der Waals surface area contributed by atoms with Gasteiger partial charge in [-0.15, -0.1) is 0 Å². The predicted octanol–water partition coefficient (Wildman–Crippen LogP) is 5.36. The molecule has 0 aliphatic carbocycles. The van der Waals surface area contributed by atoms with Crippen molar-refractivity contribution >= 4 is 19.6 Å². The Morgan fingerprint density at radius 3 is 1.50 bits per heavy atom. The van der Waals surface area contributed by atoms with Crippen molar-refractivity contribution in [2.45, 2.75) is 96.2 Å². The summed E-state index contributed by atoms with van der Waals surface area (Å²) in [6.07, 6.45) is 16.8. The van der Waals surface area contributed by atoms with Crippen molar-refractivity contribution in [1.82, 2.24) is 0 Å². The van der Waals surface area contributed by atoms with E-state index in [0.717, 1.165) is 0 Å². The van der Waals surface area contributed by atoms with Crippen LogP contribution < -0.4 is 0 Å². The SMILES string of the molecule is CCCCCCCCCCCCCC[Se]C(C)=O. The first kappa shape index (κ1) is 18.2. The molecule has 18 heavy (non-hydrogen) atoms. The van der Waals surface area contributed by atoms with Gasteiger partial charge in [-0.05, 0) is 0 Å². The van der Waals surface area contributed by atoms with E-state index in [-0.39, 0.29) is 15.0 Å². The van der Waals surface area contributed by atoms with E-state index in [9.17, 15) is 4.79 Å². The Bertz CT molecular complexity index is 180. The Morgan fingerprint density at radius 1 is 0.722 bits per heavy atom. The quantitative estimate of drug-likeness (QED) is 0.311. The first-order valence-corrected chi connectivity index (χ1v) is 9.97. The Morgan fingerprint density at radius 2 is 1.11 bits per heavy atom. The fraction of sp³-hybridized carbons (Fsp3) is 0.938. The van der Waals surface area contributed by atoms with Crippen LogP contribution in [-0.4, -0.2) is 19.6 Å². The van der Waals surface area contributed by atoms with E-state index >= 15 is 0 Å². The van der Waals surface area contributed by atoms with Gasteiger partial charge < -0.3 is 0 Å².